The molecule has 0 aromatic heterocycles. The molecule has 0 unspecified atom stereocenters. The highest BCUT2D eigenvalue weighted by molar-refractivity contribution is 8.13. The Labute approximate surface area is 170 Å². The van der Waals surface area contributed by atoms with Crippen molar-refractivity contribution in [3.8, 4) is 11.5 Å². The molecule has 0 radical (unpaired) electrons. The quantitative estimate of drug-likeness (QED) is 0.826. The number of ether oxygens (including phenoxy) is 2. The van der Waals surface area contributed by atoms with Gasteiger partial charge in [0, 0.05) is 21.9 Å². The number of amidine groups is 1. The van der Waals surface area contributed by atoms with Crippen LogP contribution in [-0.2, 0) is 4.79 Å². The lowest BCUT2D eigenvalue weighted by Crippen LogP contribution is -2.50. The molecule has 2 aliphatic heterocycles. The van der Waals surface area contributed by atoms with Crippen LogP contribution in [0.15, 0.2) is 46.5 Å². The summed E-state index contributed by atoms with van der Waals surface area (Å²) in [6, 6.07) is 10.9. The van der Waals surface area contributed by atoms with Gasteiger partial charge in [0.05, 0.1) is 19.6 Å². The van der Waals surface area contributed by atoms with Crippen molar-refractivity contribution in [2.75, 3.05) is 20.5 Å². The van der Waals surface area contributed by atoms with E-state index in [-0.39, 0.29) is 5.91 Å². The van der Waals surface area contributed by atoms with Gasteiger partial charge < -0.3 is 9.47 Å². The van der Waals surface area contributed by atoms with E-state index in [0.717, 1.165) is 0 Å². The molecular weight excluding hydrogens is 400 g/mol. The summed E-state index contributed by atoms with van der Waals surface area (Å²) in [4.78, 5) is 17.7. The Morgan fingerprint density at radius 3 is 2.71 bits per heavy atom. The Balaban J connectivity index is 2.03. The van der Waals surface area contributed by atoms with Crippen molar-refractivity contribution in [3.63, 3.8) is 0 Å². The zero-order chi connectivity index (χ0) is 19.8. The zero-order valence-electron chi connectivity index (χ0n) is 15.4. The average molecular weight is 417 g/mol. The van der Waals surface area contributed by atoms with Gasteiger partial charge in [0.2, 0.25) is 0 Å². The van der Waals surface area contributed by atoms with Crippen molar-refractivity contribution >= 4 is 40.1 Å². The fourth-order valence-corrected chi connectivity index (χ4v) is 3.85. The normalized spacial score (nSPS) is 17.8. The van der Waals surface area contributed by atoms with E-state index in [0.29, 0.717) is 43.5 Å². The maximum Gasteiger partial charge on any atom is 0.276 e. The first-order valence-corrected chi connectivity index (χ1v) is 9.99. The molecule has 0 fully saturated rings. The SMILES string of the molecule is COc1cc(Cl)cc([C@@H]2N=c3ccccc3=C3C(=O)NC(SC)=NN32)c1OC. The highest BCUT2D eigenvalue weighted by Crippen LogP contribution is 2.42. The van der Waals surface area contributed by atoms with E-state index in [1.165, 1.54) is 11.8 Å². The molecule has 144 valence electrons. The van der Waals surface area contributed by atoms with Crippen LogP contribution in [0.1, 0.15) is 11.7 Å². The number of hydrazone groups is 1. The molecule has 1 atom stereocenters. The lowest BCUT2D eigenvalue weighted by atomic mass is 10.1. The molecule has 2 aromatic rings. The maximum absolute atomic E-state index is 12.9. The van der Waals surface area contributed by atoms with Crippen molar-refractivity contribution in [1.82, 2.24) is 10.3 Å². The number of fused-ring (bicyclic) bond motifs is 2. The Bertz CT molecular complexity index is 1120. The van der Waals surface area contributed by atoms with Crippen LogP contribution >= 0.6 is 23.4 Å². The van der Waals surface area contributed by atoms with Crippen LogP contribution in [0.5, 0.6) is 11.5 Å². The summed E-state index contributed by atoms with van der Waals surface area (Å²) in [5, 5.41) is 11.4. The summed E-state index contributed by atoms with van der Waals surface area (Å²) in [6.45, 7) is 0. The highest BCUT2D eigenvalue weighted by atomic mass is 35.5. The molecular formula is C19H17ClN4O3S. The topological polar surface area (TPSA) is 75.5 Å². The zero-order valence-corrected chi connectivity index (χ0v) is 17.0. The molecule has 1 N–H and O–H groups in total. The van der Waals surface area contributed by atoms with E-state index in [9.17, 15) is 4.79 Å². The predicted molar refractivity (Wildman–Crippen MR) is 109 cm³/mol. The number of rotatable bonds is 3. The van der Waals surface area contributed by atoms with Crippen molar-refractivity contribution in [1.29, 1.82) is 0 Å². The molecule has 0 bridgehead atoms. The van der Waals surface area contributed by atoms with Gasteiger partial charge in [-0.1, -0.05) is 41.6 Å². The Kier molecular flexibility index (Phi) is 4.91. The van der Waals surface area contributed by atoms with E-state index in [1.807, 2.05) is 30.5 Å². The second kappa shape index (κ2) is 7.37. The van der Waals surface area contributed by atoms with Gasteiger partial charge in [-0.05, 0) is 18.4 Å². The first kappa shape index (κ1) is 18.6. The molecule has 28 heavy (non-hydrogen) atoms. The lowest BCUT2D eigenvalue weighted by molar-refractivity contribution is -0.116. The molecule has 0 saturated heterocycles. The molecule has 0 saturated carbocycles. The summed E-state index contributed by atoms with van der Waals surface area (Å²) in [7, 11) is 3.09. The minimum absolute atomic E-state index is 0.236. The third-order valence-electron chi connectivity index (χ3n) is 4.46. The van der Waals surface area contributed by atoms with Crippen molar-refractivity contribution in [2.45, 2.75) is 6.17 Å². The smallest absolute Gasteiger partial charge is 0.276 e. The largest absolute Gasteiger partial charge is 0.493 e. The van der Waals surface area contributed by atoms with Gasteiger partial charge >= 0.3 is 0 Å². The van der Waals surface area contributed by atoms with E-state index in [4.69, 9.17) is 26.1 Å². The van der Waals surface area contributed by atoms with Crippen LogP contribution in [0.3, 0.4) is 0 Å². The number of methoxy groups -OCH3 is 2. The first-order valence-electron chi connectivity index (χ1n) is 8.39. The Morgan fingerprint density at radius 1 is 1.21 bits per heavy atom. The van der Waals surface area contributed by atoms with E-state index in [2.05, 4.69) is 10.4 Å². The molecule has 0 aliphatic carbocycles. The van der Waals surface area contributed by atoms with E-state index < -0.39 is 6.17 Å². The molecule has 4 rings (SSSR count). The van der Waals surface area contributed by atoms with Crippen LogP contribution in [0.4, 0.5) is 0 Å². The molecule has 2 aliphatic rings. The first-order chi connectivity index (χ1) is 13.6. The van der Waals surface area contributed by atoms with Crippen LogP contribution in [0.2, 0.25) is 5.02 Å². The second-order valence-corrected chi connectivity index (χ2v) is 7.24. The number of hydrogen-bond acceptors (Lipinski definition) is 7. The number of halogens is 1. The van der Waals surface area contributed by atoms with Crippen molar-refractivity contribution < 1.29 is 14.3 Å². The predicted octanol–water partition coefficient (Wildman–Crippen LogP) is 1.86. The van der Waals surface area contributed by atoms with Crippen LogP contribution in [0.25, 0.3) is 5.70 Å². The molecule has 0 spiro atoms. The fraction of sp³-hybridized carbons (Fsp3) is 0.211. The fourth-order valence-electron chi connectivity index (χ4n) is 3.27. The summed E-state index contributed by atoms with van der Waals surface area (Å²) in [6.07, 6.45) is 1.21. The van der Waals surface area contributed by atoms with Crippen molar-refractivity contribution in [2.24, 2.45) is 10.1 Å². The van der Waals surface area contributed by atoms with Gasteiger partial charge in [-0.2, -0.15) is 0 Å². The second-order valence-electron chi connectivity index (χ2n) is 6.01. The van der Waals surface area contributed by atoms with Crippen molar-refractivity contribution in [3.05, 3.63) is 57.6 Å². The van der Waals surface area contributed by atoms with Crippen LogP contribution in [0, 0.1) is 0 Å². The standard InChI is InChI=1S/C19H17ClN4O3S/c1-26-14-9-10(20)8-12(16(14)27-2)17-21-13-7-5-4-6-11(13)15-18(25)22-19(28-3)23-24(15)17/h4-9,17H,1-3H3,(H,22,23,25)/t17-/m1/s1. The van der Waals surface area contributed by atoms with Crippen LogP contribution < -0.4 is 25.4 Å². The lowest BCUT2D eigenvalue weighted by Gasteiger charge is -2.34. The maximum atomic E-state index is 12.9. The molecule has 2 heterocycles. The minimum atomic E-state index is -0.638. The number of carbonyl (C=O) groups is 1. The third-order valence-corrected chi connectivity index (χ3v) is 5.25. The van der Waals surface area contributed by atoms with Gasteiger partial charge in [-0.25, -0.2) is 5.01 Å². The highest BCUT2D eigenvalue weighted by Gasteiger charge is 2.36. The van der Waals surface area contributed by atoms with Gasteiger partial charge in [0.1, 0.15) is 5.70 Å². The molecule has 2 aromatic carbocycles. The van der Waals surface area contributed by atoms with E-state index >= 15 is 0 Å². The number of carbonyl (C=O) groups excluding carboxylic acids is 1. The number of hydrogen-bond donors (Lipinski definition) is 1. The number of nitrogens with one attached hydrogen (secondary N) is 1. The molecule has 9 heteroatoms. The number of nitrogens with zero attached hydrogens (tertiary/aromatic N) is 3. The molecule has 1 amide bonds. The van der Waals surface area contributed by atoms with Gasteiger partial charge in [0.25, 0.3) is 5.91 Å². The van der Waals surface area contributed by atoms with Gasteiger partial charge in [0.15, 0.2) is 22.8 Å². The number of amides is 1. The third kappa shape index (κ3) is 2.98. The summed E-state index contributed by atoms with van der Waals surface area (Å²) in [5.41, 5.74) is 1.08. The molecule has 7 nitrogen and oxygen atoms in total. The average Bonchev–Trinajstić information content (AvgIpc) is 2.71. The Hall–Kier alpha value is -2.71. The number of para-hydroxylation sites is 1. The summed E-state index contributed by atoms with van der Waals surface area (Å²) in [5.74, 6) is 0.738. The minimum Gasteiger partial charge on any atom is -0.493 e. The Morgan fingerprint density at radius 2 is 2.00 bits per heavy atom. The summed E-state index contributed by atoms with van der Waals surface area (Å²) >= 11 is 7.66. The number of benzene rings is 2. The van der Waals surface area contributed by atoms with Crippen LogP contribution in [-0.4, -0.2) is 36.6 Å². The number of thioether (sulfide) groups is 1. The monoisotopic (exact) mass is 416 g/mol. The summed E-state index contributed by atoms with van der Waals surface area (Å²) < 4.78 is 11.0. The van der Waals surface area contributed by atoms with E-state index in [1.54, 1.807) is 31.4 Å². The van der Waals surface area contributed by atoms with Gasteiger partial charge in [-0.15, -0.1) is 5.10 Å². The van der Waals surface area contributed by atoms with Gasteiger partial charge in [-0.3, -0.25) is 15.1 Å².